The molecule has 1 fully saturated rings. The molecule has 0 bridgehead atoms. The van der Waals surface area contributed by atoms with Crippen molar-refractivity contribution in [3.8, 4) is 0 Å². The number of urea groups is 1. The van der Waals surface area contributed by atoms with Crippen molar-refractivity contribution < 1.29 is 18.0 Å². The highest BCUT2D eigenvalue weighted by Crippen LogP contribution is 2.36. The van der Waals surface area contributed by atoms with Crippen LogP contribution in [0.25, 0.3) is 0 Å². The average Bonchev–Trinajstić information content (AvgIpc) is 2.74. The summed E-state index contributed by atoms with van der Waals surface area (Å²) >= 11 is 0. The van der Waals surface area contributed by atoms with Gasteiger partial charge in [0.25, 0.3) is 0 Å². The molecule has 4 rings (SSSR count). The topological polar surface area (TPSA) is 73.4 Å². The average molecular weight is 448 g/mol. The number of rotatable bonds is 2. The number of fused-ring (bicyclic) bond motifs is 1. The highest BCUT2D eigenvalue weighted by Gasteiger charge is 2.42. The second-order valence-electron chi connectivity index (χ2n) is 8.33. The third kappa shape index (κ3) is 5.05. The van der Waals surface area contributed by atoms with Crippen molar-refractivity contribution in [2.24, 2.45) is 5.92 Å². The monoisotopic (exact) mass is 448 g/mol. The number of carbonyl (C=O) groups is 1. The first kappa shape index (κ1) is 22.2. The fourth-order valence-electron chi connectivity index (χ4n) is 4.15. The number of nitrogens with zero attached hydrogens (tertiary/aromatic N) is 4. The van der Waals surface area contributed by atoms with Gasteiger partial charge in [-0.1, -0.05) is 0 Å². The second-order valence-corrected chi connectivity index (χ2v) is 8.33. The SMILES string of the molecule is Cc1cncc(NC(=O)N2CCCCNc3ccc(N4CCCC(C(F)(F)F)C4)nc32)c1. The zero-order valence-corrected chi connectivity index (χ0v) is 18.0. The maximum atomic E-state index is 13.3. The van der Waals surface area contributed by atoms with Gasteiger partial charge in [0.1, 0.15) is 5.82 Å². The molecule has 7 nitrogen and oxygen atoms in total. The zero-order chi connectivity index (χ0) is 22.7. The fraction of sp³-hybridized carbons (Fsp3) is 0.500. The molecule has 1 saturated heterocycles. The molecule has 2 aromatic rings. The molecule has 172 valence electrons. The molecule has 32 heavy (non-hydrogen) atoms. The molecule has 2 aliphatic heterocycles. The fourth-order valence-corrected chi connectivity index (χ4v) is 4.15. The van der Waals surface area contributed by atoms with Gasteiger partial charge in [-0.25, -0.2) is 9.78 Å². The maximum Gasteiger partial charge on any atom is 0.393 e. The quantitative estimate of drug-likeness (QED) is 0.690. The number of halogens is 3. The van der Waals surface area contributed by atoms with Crippen LogP contribution in [0, 0.1) is 12.8 Å². The number of amides is 2. The van der Waals surface area contributed by atoms with Crippen molar-refractivity contribution >= 4 is 29.0 Å². The number of hydrogen-bond donors (Lipinski definition) is 2. The van der Waals surface area contributed by atoms with Crippen LogP contribution in [0.4, 0.5) is 41.0 Å². The van der Waals surface area contributed by atoms with E-state index in [2.05, 4.69) is 20.6 Å². The molecule has 10 heteroatoms. The minimum atomic E-state index is -4.22. The van der Waals surface area contributed by atoms with Crippen molar-refractivity contribution in [1.29, 1.82) is 0 Å². The van der Waals surface area contributed by atoms with E-state index in [1.807, 2.05) is 13.0 Å². The maximum absolute atomic E-state index is 13.3. The summed E-state index contributed by atoms with van der Waals surface area (Å²) in [7, 11) is 0. The lowest BCUT2D eigenvalue weighted by Gasteiger charge is -2.35. The molecule has 4 heterocycles. The van der Waals surface area contributed by atoms with Gasteiger partial charge in [-0.2, -0.15) is 13.2 Å². The lowest BCUT2D eigenvalue weighted by atomic mass is 9.97. The Kier molecular flexibility index (Phi) is 6.38. The van der Waals surface area contributed by atoms with E-state index in [9.17, 15) is 18.0 Å². The number of hydrogen-bond acceptors (Lipinski definition) is 5. The van der Waals surface area contributed by atoms with Crippen LogP contribution in [0.15, 0.2) is 30.6 Å². The number of carbonyl (C=O) groups excluding carboxylic acids is 1. The van der Waals surface area contributed by atoms with Gasteiger partial charge in [0.2, 0.25) is 0 Å². The summed E-state index contributed by atoms with van der Waals surface area (Å²) in [5.74, 6) is -0.490. The van der Waals surface area contributed by atoms with Crippen LogP contribution in [0.3, 0.4) is 0 Å². The van der Waals surface area contributed by atoms with Crippen molar-refractivity contribution in [3.63, 3.8) is 0 Å². The van der Waals surface area contributed by atoms with Gasteiger partial charge < -0.3 is 15.5 Å². The van der Waals surface area contributed by atoms with Gasteiger partial charge in [-0.05, 0) is 56.4 Å². The molecular formula is C22H27F3N6O. The molecule has 1 unspecified atom stereocenters. The van der Waals surface area contributed by atoms with Gasteiger partial charge in [0, 0.05) is 32.4 Å². The first-order valence-corrected chi connectivity index (χ1v) is 10.9. The van der Waals surface area contributed by atoms with E-state index in [0.29, 0.717) is 42.5 Å². The molecule has 0 radical (unpaired) electrons. The van der Waals surface area contributed by atoms with Gasteiger partial charge >= 0.3 is 12.2 Å². The van der Waals surface area contributed by atoms with Crippen LogP contribution in [0.5, 0.6) is 0 Å². The molecule has 1 atom stereocenters. The third-order valence-corrected chi connectivity index (χ3v) is 5.82. The number of aromatic nitrogens is 2. The van der Waals surface area contributed by atoms with Crippen LogP contribution < -0.4 is 20.4 Å². The van der Waals surface area contributed by atoms with Crippen LogP contribution in [-0.4, -0.2) is 48.4 Å². The van der Waals surface area contributed by atoms with E-state index < -0.39 is 12.1 Å². The predicted molar refractivity (Wildman–Crippen MR) is 118 cm³/mol. The number of pyridine rings is 2. The molecule has 2 N–H and O–H groups in total. The number of aryl methyl sites for hydroxylation is 1. The summed E-state index contributed by atoms with van der Waals surface area (Å²) in [6.07, 6.45) is 1.29. The minimum absolute atomic E-state index is 0.121. The Bertz CT molecular complexity index is 967. The number of anilines is 4. The van der Waals surface area contributed by atoms with Gasteiger partial charge in [-0.3, -0.25) is 9.88 Å². The first-order valence-electron chi connectivity index (χ1n) is 10.9. The lowest BCUT2D eigenvalue weighted by Crippen LogP contribution is -2.42. The molecule has 2 amide bonds. The van der Waals surface area contributed by atoms with Crippen molar-refractivity contribution in [3.05, 3.63) is 36.2 Å². The van der Waals surface area contributed by atoms with E-state index in [1.54, 1.807) is 34.3 Å². The standard InChI is InChI=1S/C22H27F3N6O/c1-15-11-17(13-26-12-15)28-21(32)31-10-3-2-8-27-18-6-7-19(29-20(18)31)30-9-4-5-16(14-30)22(23,24)25/h6-7,11-13,16,27H,2-5,8-10,14H2,1H3,(H,28,32). The van der Waals surface area contributed by atoms with E-state index in [1.165, 1.54) is 0 Å². The summed E-state index contributed by atoms with van der Waals surface area (Å²) in [5.41, 5.74) is 2.18. The Morgan fingerprint density at radius 2 is 2.03 bits per heavy atom. The Balaban J connectivity index is 1.61. The number of nitrogens with one attached hydrogen (secondary N) is 2. The molecular weight excluding hydrogens is 421 g/mol. The first-order chi connectivity index (χ1) is 15.3. The summed E-state index contributed by atoms with van der Waals surface area (Å²) in [4.78, 5) is 25.1. The molecule has 0 spiro atoms. The van der Waals surface area contributed by atoms with Crippen molar-refractivity contribution in [2.75, 3.05) is 46.6 Å². The molecule has 0 saturated carbocycles. The highest BCUT2D eigenvalue weighted by molar-refractivity contribution is 6.03. The molecule has 2 aromatic heterocycles. The Morgan fingerprint density at radius 3 is 2.81 bits per heavy atom. The van der Waals surface area contributed by atoms with Crippen molar-refractivity contribution in [1.82, 2.24) is 9.97 Å². The summed E-state index contributed by atoms with van der Waals surface area (Å²) < 4.78 is 39.8. The Labute approximate surface area is 185 Å². The lowest BCUT2D eigenvalue weighted by molar-refractivity contribution is -0.176. The van der Waals surface area contributed by atoms with Gasteiger partial charge in [-0.15, -0.1) is 0 Å². The van der Waals surface area contributed by atoms with E-state index >= 15 is 0 Å². The smallest absolute Gasteiger partial charge is 0.382 e. The van der Waals surface area contributed by atoms with Crippen molar-refractivity contribution in [2.45, 2.75) is 38.8 Å². The summed E-state index contributed by atoms with van der Waals surface area (Å²) in [6, 6.07) is 5.00. The predicted octanol–water partition coefficient (Wildman–Crippen LogP) is 4.81. The van der Waals surface area contributed by atoms with Gasteiger partial charge in [0.15, 0.2) is 5.82 Å². The minimum Gasteiger partial charge on any atom is -0.382 e. The second kappa shape index (κ2) is 9.22. The number of alkyl halides is 3. The normalized spacial score (nSPS) is 19.4. The summed E-state index contributed by atoms with van der Waals surface area (Å²) in [5, 5.41) is 6.15. The van der Waals surface area contributed by atoms with E-state index in [0.717, 1.165) is 24.9 Å². The van der Waals surface area contributed by atoms with Gasteiger partial charge in [0.05, 0.1) is 23.5 Å². The summed E-state index contributed by atoms with van der Waals surface area (Å²) in [6.45, 7) is 3.47. The largest absolute Gasteiger partial charge is 0.393 e. The molecule has 0 aromatic carbocycles. The van der Waals surface area contributed by atoms with Crippen LogP contribution in [-0.2, 0) is 0 Å². The molecule has 0 aliphatic carbocycles. The third-order valence-electron chi connectivity index (χ3n) is 5.82. The Hall–Kier alpha value is -3.04. The van der Waals surface area contributed by atoms with Crippen LogP contribution in [0.2, 0.25) is 0 Å². The van der Waals surface area contributed by atoms with E-state index in [-0.39, 0.29) is 19.0 Å². The molecule has 2 aliphatic rings. The van der Waals surface area contributed by atoms with Crippen LogP contribution >= 0.6 is 0 Å². The van der Waals surface area contributed by atoms with E-state index in [4.69, 9.17) is 0 Å². The highest BCUT2D eigenvalue weighted by atomic mass is 19.4. The zero-order valence-electron chi connectivity index (χ0n) is 18.0. The van der Waals surface area contributed by atoms with Crippen LogP contribution in [0.1, 0.15) is 31.2 Å². The number of piperidine rings is 1. The Morgan fingerprint density at radius 1 is 1.19 bits per heavy atom.